The van der Waals surface area contributed by atoms with E-state index in [1.165, 1.54) is 11.8 Å². The molecule has 0 saturated carbocycles. The third-order valence-electron chi connectivity index (χ3n) is 4.31. The van der Waals surface area contributed by atoms with Crippen LogP contribution in [0.3, 0.4) is 0 Å². The predicted octanol–water partition coefficient (Wildman–Crippen LogP) is 3.75. The van der Waals surface area contributed by atoms with Crippen LogP contribution >= 0.6 is 27.7 Å². The van der Waals surface area contributed by atoms with Gasteiger partial charge in [-0.15, -0.1) is 0 Å². The lowest BCUT2D eigenvalue weighted by atomic mass is 9.88. The molecule has 2 aliphatic rings. The number of hydrogen-bond acceptors (Lipinski definition) is 5. The third kappa shape index (κ3) is 2.62. The first-order valence-corrected chi connectivity index (χ1v) is 9.82. The van der Waals surface area contributed by atoms with Crippen LogP contribution in [0.25, 0.3) is 10.9 Å². The van der Waals surface area contributed by atoms with E-state index in [2.05, 4.69) is 36.1 Å². The average molecular weight is 399 g/mol. The maximum atomic E-state index is 14.6. The minimum absolute atomic E-state index is 0.298. The monoisotopic (exact) mass is 398 g/mol. The van der Waals surface area contributed by atoms with Crippen molar-refractivity contribution in [3.8, 4) is 0 Å². The highest BCUT2D eigenvalue weighted by Crippen LogP contribution is 2.38. The Balaban J connectivity index is 0.000000753. The lowest BCUT2D eigenvalue weighted by molar-refractivity contribution is 0.212. The Kier molecular flexibility index (Phi) is 4.80. The topological polar surface area (TPSA) is 41.1 Å². The van der Waals surface area contributed by atoms with Gasteiger partial charge in [0, 0.05) is 24.5 Å². The molecule has 0 amide bonds. The summed E-state index contributed by atoms with van der Waals surface area (Å²) in [4.78, 5) is 11.3. The van der Waals surface area contributed by atoms with Gasteiger partial charge in [0.25, 0.3) is 0 Å². The van der Waals surface area contributed by atoms with Gasteiger partial charge < -0.3 is 10.2 Å². The summed E-state index contributed by atoms with van der Waals surface area (Å²) >= 11 is 4.75. The van der Waals surface area contributed by atoms with Crippen LogP contribution in [0.5, 0.6) is 0 Å². The van der Waals surface area contributed by atoms with Gasteiger partial charge in [0.15, 0.2) is 11.0 Å². The lowest BCUT2D eigenvalue weighted by Gasteiger charge is -2.56. The van der Waals surface area contributed by atoms with Crippen LogP contribution < -0.4 is 10.2 Å². The molecule has 0 aliphatic carbocycles. The normalized spacial score (nSPS) is 21.9. The van der Waals surface area contributed by atoms with Crippen molar-refractivity contribution in [2.24, 2.45) is 0 Å². The summed E-state index contributed by atoms with van der Waals surface area (Å²) in [5, 5.41) is 4.80. The van der Waals surface area contributed by atoms with Gasteiger partial charge in [0.05, 0.1) is 10.5 Å². The van der Waals surface area contributed by atoms with Crippen molar-refractivity contribution in [3.05, 3.63) is 21.9 Å². The Labute approximate surface area is 148 Å². The summed E-state index contributed by atoms with van der Waals surface area (Å²) in [6.45, 7) is 7.80. The first kappa shape index (κ1) is 16.9. The first-order valence-electron chi connectivity index (χ1n) is 7.80. The molecule has 2 fully saturated rings. The third-order valence-corrected chi connectivity index (χ3v) is 5.84. The molecule has 2 atom stereocenters. The highest BCUT2D eigenvalue weighted by atomic mass is 79.9. The number of rotatable bonds is 2. The lowest BCUT2D eigenvalue weighted by Crippen LogP contribution is -2.78. The molecule has 2 unspecified atom stereocenters. The molecule has 0 bridgehead atoms. The molecule has 124 valence electrons. The molecule has 2 saturated heterocycles. The fourth-order valence-corrected chi connectivity index (χ4v) is 3.62. The van der Waals surface area contributed by atoms with Crippen molar-refractivity contribution in [1.29, 1.82) is 0 Å². The number of aryl methyl sites for hydroxylation is 1. The molecule has 4 nitrogen and oxygen atoms in total. The zero-order valence-corrected chi connectivity index (χ0v) is 16.1. The smallest absolute Gasteiger partial charge is 0.189 e. The maximum Gasteiger partial charge on any atom is 0.189 e. The van der Waals surface area contributed by atoms with Crippen molar-refractivity contribution >= 4 is 44.4 Å². The number of nitrogens with one attached hydrogen (secondary N) is 1. The van der Waals surface area contributed by atoms with Crippen LogP contribution in [-0.2, 0) is 0 Å². The summed E-state index contributed by atoms with van der Waals surface area (Å²) in [6.07, 6.45) is 1.91. The van der Waals surface area contributed by atoms with Gasteiger partial charge in [-0.2, -0.15) is 0 Å². The largest absolute Gasteiger partial charge is 0.348 e. The molecule has 3 heterocycles. The molecule has 2 aromatic rings. The summed E-state index contributed by atoms with van der Waals surface area (Å²) in [7, 11) is 0. The number of piperazine rings is 1. The minimum atomic E-state index is -0.298. The fourth-order valence-electron chi connectivity index (χ4n) is 2.96. The van der Waals surface area contributed by atoms with E-state index in [1.807, 2.05) is 33.1 Å². The zero-order chi connectivity index (χ0) is 16.7. The minimum Gasteiger partial charge on any atom is -0.348 e. The first-order chi connectivity index (χ1) is 11.1. The number of fused-ring (bicyclic) bond motifs is 2. The fraction of sp³-hybridized carbons (Fsp3) is 0.500. The second kappa shape index (κ2) is 6.53. The molecule has 2 aliphatic heterocycles. The zero-order valence-electron chi connectivity index (χ0n) is 13.7. The number of benzene rings is 1. The number of halogens is 2. The molecule has 7 heteroatoms. The molecule has 0 spiro atoms. The molecule has 1 aromatic heterocycles. The molecule has 23 heavy (non-hydrogen) atoms. The molecule has 1 aromatic carbocycles. The molecular formula is C16H20BrFN4S. The summed E-state index contributed by atoms with van der Waals surface area (Å²) in [5.41, 5.74) is 1.27. The average Bonchev–Trinajstić information content (AvgIpc) is 2.56. The number of aromatic nitrogens is 2. The molecule has 0 radical (unpaired) electrons. The summed E-state index contributed by atoms with van der Waals surface area (Å²) in [6, 6.07) is 3.03. The van der Waals surface area contributed by atoms with E-state index in [4.69, 9.17) is 0 Å². The highest BCUT2D eigenvalue weighted by Gasteiger charge is 2.46. The Morgan fingerprint density at radius 1 is 1.39 bits per heavy atom. The maximum absolute atomic E-state index is 14.6. The quantitative estimate of drug-likeness (QED) is 0.616. The second-order valence-corrected chi connectivity index (χ2v) is 7.05. The van der Waals surface area contributed by atoms with Crippen molar-refractivity contribution in [1.82, 2.24) is 15.3 Å². The number of hydrogen-bond donors (Lipinski definition) is 1. The van der Waals surface area contributed by atoms with E-state index >= 15 is 0 Å². The number of anilines is 1. The van der Waals surface area contributed by atoms with Crippen molar-refractivity contribution in [3.63, 3.8) is 0 Å². The van der Waals surface area contributed by atoms with E-state index in [0.29, 0.717) is 27.2 Å². The van der Waals surface area contributed by atoms with Gasteiger partial charge in [-0.05, 0) is 40.7 Å². The van der Waals surface area contributed by atoms with Gasteiger partial charge in [-0.25, -0.2) is 14.4 Å². The van der Waals surface area contributed by atoms with Crippen LogP contribution in [0, 0.1) is 12.7 Å². The highest BCUT2D eigenvalue weighted by molar-refractivity contribution is 9.10. The van der Waals surface area contributed by atoms with E-state index < -0.39 is 0 Å². The van der Waals surface area contributed by atoms with Crippen molar-refractivity contribution < 1.29 is 4.39 Å². The van der Waals surface area contributed by atoms with Gasteiger partial charge in [-0.3, -0.25) is 0 Å². The van der Waals surface area contributed by atoms with Crippen molar-refractivity contribution in [2.45, 2.75) is 38.0 Å². The van der Waals surface area contributed by atoms with Gasteiger partial charge in [-0.1, -0.05) is 25.6 Å². The predicted molar refractivity (Wildman–Crippen MR) is 98.0 cm³/mol. The van der Waals surface area contributed by atoms with Crippen molar-refractivity contribution in [2.75, 3.05) is 24.2 Å². The Morgan fingerprint density at radius 3 is 2.65 bits per heavy atom. The Bertz CT molecular complexity index is 755. The second-order valence-electron chi connectivity index (χ2n) is 5.49. The number of thioether (sulfide) groups is 1. The van der Waals surface area contributed by atoms with E-state index in [0.717, 1.165) is 29.9 Å². The van der Waals surface area contributed by atoms with Crippen LogP contribution in [0.2, 0.25) is 0 Å². The summed E-state index contributed by atoms with van der Waals surface area (Å²) in [5.74, 6) is 0.564. The molecule has 1 N–H and O–H groups in total. The van der Waals surface area contributed by atoms with E-state index in [1.54, 1.807) is 0 Å². The van der Waals surface area contributed by atoms with E-state index in [9.17, 15) is 4.39 Å². The van der Waals surface area contributed by atoms with Crippen LogP contribution in [0.15, 0.2) is 15.7 Å². The Hall–Kier alpha value is -0.920. The van der Waals surface area contributed by atoms with Crippen LogP contribution in [-0.4, -0.2) is 41.4 Å². The molecular weight excluding hydrogens is 379 g/mol. The Morgan fingerprint density at radius 2 is 2.13 bits per heavy atom. The number of nitrogens with zero attached hydrogens (tertiary/aromatic N) is 3. The van der Waals surface area contributed by atoms with Gasteiger partial charge in [0.2, 0.25) is 0 Å². The van der Waals surface area contributed by atoms with Gasteiger partial charge >= 0.3 is 0 Å². The van der Waals surface area contributed by atoms with Gasteiger partial charge in [0.1, 0.15) is 11.3 Å². The SMILES string of the molecule is CC.CSc1nc(N2CC3NCC32)c2cc(C)c(Br)c(F)c2n1. The van der Waals surface area contributed by atoms with Crippen LogP contribution in [0.1, 0.15) is 19.4 Å². The standard InChI is InChI=1S/C14H14BrFN4S.C2H6/c1-6-3-7-12(11(16)10(6)15)18-14(21-2)19-13(7)20-5-8-9(20)4-17-8;1-2/h3,8-9,17H,4-5H2,1-2H3;1-2H3. The van der Waals surface area contributed by atoms with Crippen LogP contribution in [0.4, 0.5) is 10.2 Å². The summed E-state index contributed by atoms with van der Waals surface area (Å²) < 4.78 is 15.0. The van der Waals surface area contributed by atoms with E-state index in [-0.39, 0.29) is 5.82 Å². The molecule has 4 rings (SSSR count).